The Bertz CT molecular complexity index is 655. The second-order valence-electron chi connectivity index (χ2n) is 5.30. The zero-order valence-corrected chi connectivity index (χ0v) is 12.7. The first kappa shape index (κ1) is 14.4. The third-order valence-corrected chi connectivity index (χ3v) is 4.65. The van der Waals surface area contributed by atoms with Crippen molar-refractivity contribution in [3.8, 4) is 0 Å². The minimum Gasteiger partial charge on any atom is -0.481 e. The number of aromatic nitrogens is 2. The van der Waals surface area contributed by atoms with Gasteiger partial charge in [0.2, 0.25) is 0 Å². The number of carbonyl (C=O) groups is 1. The number of hydrogen-bond acceptors (Lipinski definition) is 4. The summed E-state index contributed by atoms with van der Waals surface area (Å²) in [6.07, 6.45) is 2.09. The smallest absolute Gasteiger partial charge is 0.313 e. The van der Waals surface area contributed by atoms with Gasteiger partial charge in [-0.15, -0.1) is 0 Å². The molecule has 1 saturated heterocycles. The summed E-state index contributed by atoms with van der Waals surface area (Å²) in [5.74, 6) is -0.791. The van der Waals surface area contributed by atoms with Crippen molar-refractivity contribution in [3.63, 3.8) is 0 Å². The number of aliphatic carboxylic acids is 1. The first-order chi connectivity index (χ1) is 10.1. The highest BCUT2D eigenvalue weighted by Gasteiger charge is 2.25. The molecule has 112 valence electrons. The van der Waals surface area contributed by atoms with E-state index in [2.05, 4.69) is 16.5 Å². The molecule has 1 aromatic carbocycles. The fourth-order valence-corrected chi connectivity index (χ4v) is 3.61. The average Bonchev–Trinajstić information content (AvgIpc) is 2.83. The monoisotopic (exact) mass is 306 g/mol. The quantitative estimate of drug-likeness (QED) is 0.880. The molecule has 1 N–H and O–H groups in total. The Morgan fingerprint density at radius 2 is 2.33 bits per heavy atom. The van der Waals surface area contributed by atoms with Gasteiger partial charge in [0.1, 0.15) is 0 Å². The van der Waals surface area contributed by atoms with Crippen LogP contribution in [0.25, 0.3) is 11.0 Å². The molecule has 6 heteroatoms. The fourth-order valence-electron chi connectivity index (χ4n) is 2.81. The van der Waals surface area contributed by atoms with E-state index in [1.807, 2.05) is 24.3 Å². The minimum absolute atomic E-state index is 0.0299. The van der Waals surface area contributed by atoms with Crippen molar-refractivity contribution in [1.29, 1.82) is 0 Å². The van der Waals surface area contributed by atoms with Crippen LogP contribution in [-0.4, -0.2) is 39.1 Å². The summed E-state index contributed by atoms with van der Waals surface area (Å²) < 4.78 is 7.82. The van der Waals surface area contributed by atoms with Gasteiger partial charge in [-0.05, 0) is 31.9 Å². The van der Waals surface area contributed by atoms with E-state index in [9.17, 15) is 4.79 Å². The summed E-state index contributed by atoms with van der Waals surface area (Å²) in [4.78, 5) is 15.5. The van der Waals surface area contributed by atoms with Crippen molar-refractivity contribution >= 4 is 28.8 Å². The van der Waals surface area contributed by atoms with Crippen molar-refractivity contribution in [3.05, 3.63) is 24.3 Å². The van der Waals surface area contributed by atoms with Gasteiger partial charge in [-0.3, -0.25) is 4.79 Å². The van der Waals surface area contributed by atoms with Crippen LogP contribution in [-0.2, 0) is 9.53 Å². The van der Waals surface area contributed by atoms with Crippen molar-refractivity contribution in [2.24, 2.45) is 0 Å². The molecular formula is C15H18N2O3S. The Hall–Kier alpha value is -1.53. The number of carboxylic acids is 1. The Balaban J connectivity index is 2.00. The molecular weight excluding hydrogens is 288 g/mol. The lowest BCUT2D eigenvalue weighted by Crippen LogP contribution is -2.26. The van der Waals surface area contributed by atoms with Crippen LogP contribution in [0.2, 0.25) is 0 Å². The number of carboxylic acid groups (broad SMARTS) is 1. The SMILES string of the molecule is CC1CC(n2c(SCC(=O)O)nc3ccccc32)CCO1. The van der Waals surface area contributed by atoms with Gasteiger partial charge in [0.15, 0.2) is 5.16 Å². The van der Waals surface area contributed by atoms with Crippen LogP contribution in [0.4, 0.5) is 0 Å². The van der Waals surface area contributed by atoms with Crippen molar-refractivity contribution in [1.82, 2.24) is 9.55 Å². The third kappa shape index (κ3) is 3.06. The van der Waals surface area contributed by atoms with Crippen LogP contribution in [0.15, 0.2) is 29.4 Å². The zero-order valence-electron chi connectivity index (χ0n) is 11.9. The van der Waals surface area contributed by atoms with Gasteiger partial charge in [-0.1, -0.05) is 23.9 Å². The maximum atomic E-state index is 10.8. The van der Waals surface area contributed by atoms with E-state index in [1.165, 1.54) is 11.8 Å². The first-order valence-corrected chi connectivity index (χ1v) is 8.07. The van der Waals surface area contributed by atoms with Crippen LogP contribution in [0.3, 0.4) is 0 Å². The highest BCUT2D eigenvalue weighted by Crippen LogP contribution is 2.33. The van der Waals surface area contributed by atoms with Gasteiger partial charge < -0.3 is 14.4 Å². The van der Waals surface area contributed by atoms with E-state index >= 15 is 0 Å². The molecule has 0 spiro atoms. The van der Waals surface area contributed by atoms with E-state index in [4.69, 9.17) is 9.84 Å². The lowest BCUT2D eigenvalue weighted by atomic mass is 10.0. The highest BCUT2D eigenvalue weighted by atomic mass is 32.2. The van der Waals surface area contributed by atoms with Gasteiger partial charge in [0.25, 0.3) is 0 Å². The number of fused-ring (bicyclic) bond motifs is 1. The standard InChI is InChI=1S/C15H18N2O3S/c1-10-8-11(6-7-20-10)17-13-5-3-2-4-12(13)16-15(17)21-9-14(18)19/h2-5,10-11H,6-9H2,1H3,(H,18,19). The summed E-state index contributed by atoms with van der Waals surface area (Å²) in [6, 6.07) is 8.29. The lowest BCUT2D eigenvalue weighted by Gasteiger charge is -2.29. The molecule has 1 aliphatic rings. The minimum atomic E-state index is -0.820. The number of benzene rings is 1. The van der Waals surface area contributed by atoms with Crippen LogP contribution < -0.4 is 0 Å². The number of para-hydroxylation sites is 2. The van der Waals surface area contributed by atoms with Crippen LogP contribution >= 0.6 is 11.8 Å². The zero-order chi connectivity index (χ0) is 14.8. The normalized spacial score (nSPS) is 22.5. The summed E-state index contributed by atoms with van der Waals surface area (Å²) in [7, 11) is 0. The van der Waals surface area contributed by atoms with Crippen LogP contribution in [0, 0.1) is 0 Å². The summed E-state index contributed by atoms with van der Waals surface area (Å²) in [5, 5.41) is 9.70. The summed E-state index contributed by atoms with van der Waals surface area (Å²) in [6.45, 7) is 2.82. The number of ether oxygens (including phenoxy) is 1. The van der Waals surface area contributed by atoms with Crippen molar-refractivity contribution < 1.29 is 14.6 Å². The maximum absolute atomic E-state index is 10.8. The van der Waals surface area contributed by atoms with E-state index in [1.54, 1.807) is 0 Å². The number of rotatable bonds is 4. The predicted octanol–water partition coefficient (Wildman–Crippen LogP) is 2.95. The molecule has 0 amide bonds. The molecule has 1 aromatic heterocycles. The molecule has 3 rings (SSSR count). The maximum Gasteiger partial charge on any atom is 0.313 e. The fraction of sp³-hybridized carbons (Fsp3) is 0.467. The number of thioether (sulfide) groups is 1. The Morgan fingerprint density at radius 3 is 3.10 bits per heavy atom. The van der Waals surface area contributed by atoms with Gasteiger partial charge in [-0.2, -0.15) is 0 Å². The van der Waals surface area contributed by atoms with E-state index in [0.29, 0.717) is 6.04 Å². The third-order valence-electron chi connectivity index (χ3n) is 3.71. The van der Waals surface area contributed by atoms with Crippen LogP contribution in [0.1, 0.15) is 25.8 Å². The van der Waals surface area contributed by atoms with Gasteiger partial charge in [0.05, 0.1) is 22.9 Å². The number of nitrogens with zero attached hydrogens (tertiary/aromatic N) is 2. The molecule has 0 radical (unpaired) electrons. The van der Waals surface area contributed by atoms with E-state index in [-0.39, 0.29) is 11.9 Å². The highest BCUT2D eigenvalue weighted by molar-refractivity contribution is 7.99. The molecule has 2 unspecified atom stereocenters. The molecule has 2 atom stereocenters. The number of imidazole rings is 1. The second-order valence-corrected chi connectivity index (χ2v) is 6.24. The lowest BCUT2D eigenvalue weighted by molar-refractivity contribution is -0.133. The molecule has 2 heterocycles. The number of hydrogen-bond donors (Lipinski definition) is 1. The van der Waals surface area contributed by atoms with Gasteiger partial charge in [-0.25, -0.2) is 4.98 Å². The largest absolute Gasteiger partial charge is 0.481 e. The second kappa shape index (κ2) is 6.07. The van der Waals surface area contributed by atoms with Crippen molar-refractivity contribution in [2.45, 2.75) is 37.1 Å². The molecule has 2 aromatic rings. The molecule has 0 saturated carbocycles. The Labute approximate surface area is 127 Å². The summed E-state index contributed by atoms with van der Waals surface area (Å²) >= 11 is 1.29. The van der Waals surface area contributed by atoms with Crippen molar-refractivity contribution in [2.75, 3.05) is 12.4 Å². The molecule has 5 nitrogen and oxygen atoms in total. The Kier molecular flexibility index (Phi) is 4.17. The topological polar surface area (TPSA) is 64.4 Å². The van der Waals surface area contributed by atoms with E-state index < -0.39 is 5.97 Å². The van der Waals surface area contributed by atoms with Gasteiger partial charge >= 0.3 is 5.97 Å². The summed E-state index contributed by atoms with van der Waals surface area (Å²) in [5.41, 5.74) is 1.99. The van der Waals surface area contributed by atoms with E-state index in [0.717, 1.165) is 35.6 Å². The Morgan fingerprint density at radius 1 is 1.52 bits per heavy atom. The molecule has 0 bridgehead atoms. The van der Waals surface area contributed by atoms with Crippen LogP contribution in [0.5, 0.6) is 0 Å². The molecule has 0 aliphatic carbocycles. The molecule has 21 heavy (non-hydrogen) atoms. The first-order valence-electron chi connectivity index (χ1n) is 7.08. The predicted molar refractivity (Wildman–Crippen MR) is 81.8 cm³/mol. The molecule has 1 aliphatic heterocycles. The van der Waals surface area contributed by atoms with Gasteiger partial charge in [0, 0.05) is 12.6 Å². The molecule has 1 fully saturated rings. The average molecular weight is 306 g/mol.